The van der Waals surface area contributed by atoms with Gasteiger partial charge < -0.3 is 5.32 Å². The number of carbonyl (C=O) groups excluding carboxylic acids is 1. The van der Waals surface area contributed by atoms with Crippen molar-refractivity contribution in [3.63, 3.8) is 0 Å². The summed E-state index contributed by atoms with van der Waals surface area (Å²) in [6.07, 6.45) is 1.54. The van der Waals surface area contributed by atoms with Crippen molar-refractivity contribution in [1.29, 1.82) is 0 Å². The lowest BCUT2D eigenvalue weighted by Gasteiger charge is -2.07. The number of hydrogen-bond donors (Lipinski definition) is 1. The van der Waals surface area contributed by atoms with Gasteiger partial charge in [-0.3, -0.25) is 4.79 Å². The Bertz CT molecular complexity index is 623. The maximum absolute atomic E-state index is 13.2. The molecule has 0 saturated heterocycles. The highest BCUT2D eigenvalue weighted by atomic mass is 79.9. The summed E-state index contributed by atoms with van der Waals surface area (Å²) in [5.74, 6) is -0.776. The van der Waals surface area contributed by atoms with Crippen LogP contribution in [0.1, 0.15) is 21.5 Å². The molecular weight excluding hydrogens is 311 g/mol. The number of anilines is 1. The average Bonchev–Trinajstić information content (AvgIpc) is 2.32. The van der Waals surface area contributed by atoms with Crippen molar-refractivity contribution in [2.45, 2.75) is 13.8 Å². The quantitative estimate of drug-likeness (QED) is 0.853. The molecule has 0 spiro atoms. The number of nitrogens with zero attached hydrogens (tertiary/aromatic N) is 1. The van der Waals surface area contributed by atoms with E-state index in [1.807, 2.05) is 6.92 Å². The number of nitrogens with one attached hydrogen (secondary N) is 1. The van der Waals surface area contributed by atoms with E-state index in [0.29, 0.717) is 11.3 Å². The third kappa shape index (κ3) is 3.38. The standard InChI is InChI=1S/C14H12BrFN2O/c1-8-3-10(6-11(16)4-8)14(19)18-12-5-9(2)13(15)17-7-12/h3-7H,1-2H3,(H,18,19). The molecule has 0 radical (unpaired) electrons. The second-order valence-corrected chi connectivity index (χ2v) is 5.05. The van der Waals surface area contributed by atoms with Crippen molar-refractivity contribution in [2.75, 3.05) is 5.32 Å². The van der Waals surface area contributed by atoms with Gasteiger partial charge in [0.05, 0.1) is 11.9 Å². The minimum atomic E-state index is -0.421. The number of carbonyl (C=O) groups is 1. The predicted octanol–water partition coefficient (Wildman–Crippen LogP) is 3.85. The molecule has 19 heavy (non-hydrogen) atoms. The Morgan fingerprint density at radius 2 is 2.00 bits per heavy atom. The van der Waals surface area contributed by atoms with E-state index >= 15 is 0 Å². The van der Waals surface area contributed by atoms with Crippen LogP contribution in [0.25, 0.3) is 0 Å². The van der Waals surface area contributed by atoms with E-state index in [4.69, 9.17) is 0 Å². The average molecular weight is 323 g/mol. The van der Waals surface area contributed by atoms with Gasteiger partial charge in [0, 0.05) is 5.56 Å². The SMILES string of the molecule is Cc1cc(F)cc(C(=O)Nc2cnc(Br)c(C)c2)c1. The fourth-order valence-corrected chi connectivity index (χ4v) is 1.91. The molecule has 1 heterocycles. The zero-order chi connectivity index (χ0) is 14.0. The summed E-state index contributed by atoms with van der Waals surface area (Å²) in [6, 6.07) is 6.02. The first kappa shape index (κ1) is 13.7. The zero-order valence-corrected chi connectivity index (χ0v) is 12.1. The minimum absolute atomic E-state index is 0.290. The van der Waals surface area contributed by atoms with Crippen molar-refractivity contribution in [1.82, 2.24) is 4.98 Å². The lowest BCUT2D eigenvalue weighted by molar-refractivity contribution is 0.102. The van der Waals surface area contributed by atoms with Gasteiger partial charge in [-0.15, -0.1) is 0 Å². The molecule has 5 heteroatoms. The van der Waals surface area contributed by atoms with E-state index in [9.17, 15) is 9.18 Å². The van der Waals surface area contributed by atoms with Gasteiger partial charge in [0.15, 0.2) is 0 Å². The molecule has 0 aliphatic carbocycles. The normalized spacial score (nSPS) is 10.3. The van der Waals surface area contributed by atoms with E-state index < -0.39 is 5.82 Å². The minimum Gasteiger partial charge on any atom is -0.321 e. The Labute approximate surface area is 119 Å². The number of amides is 1. The molecule has 3 nitrogen and oxygen atoms in total. The topological polar surface area (TPSA) is 42.0 Å². The van der Waals surface area contributed by atoms with E-state index in [0.717, 1.165) is 10.2 Å². The van der Waals surface area contributed by atoms with Crippen molar-refractivity contribution in [3.8, 4) is 0 Å². The summed E-state index contributed by atoms with van der Waals surface area (Å²) in [6.45, 7) is 3.62. The molecule has 2 rings (SSSR count). The Morgan fingerprint density at radius 3 is 2.63 bits per heavy atom. The first-order chi connectivity index (χ1) is 8.95. The molecule has 0 unspecified atom stereocenters. The molecule has 98 valence electrons. The Kier molecular flexibility index (Phi) is 3.95. The third-order valence-electron chi connectivity index (χ3n) is 2.58. The molecule has 1 aromatic heterocycles. The first-order valence-corrected chi connectivity index (χ1v) is 6.45. The van der Waals surface area contributed by atoms with Crippen LogP contribution in [0.3, 0.4) is 0 Å². The van der Waals surface area contributed by atoms with Crippen LogP contribution in [0.15, 0.2) is 35.1 Å². The molecule has 0 bridgehead atoms. The summed E-state index contributed by atoms with van der Waals surface area (Å²) in [4.78, 5) is 16.1. The second-order valence-electron chi connectivity index (χ2n) is 4.30. The zero-order valence-electron chi connectivity index (χ0n) is 10.5. The number of aromatic nitrogens is 1. The van der Waals surface area contributed by atoms with Gasteiger partial charge in [-0.1, -0.05) is 0 Å². The van der Waals surface area contributed by atoms with Crippen molar-refractivity contribution in [3.05, 3.63) is 57.6 Å². The maximum Gasteiger partial charge on any atom is 0.255 e. The molecule has 0 saturated carbocycles. The van der Waals surface area contributed by atoms with Gasteiger partial charge in [-0.2, -0.15) is 0 Å². The van der Waals surface area contributed by atoms with E-state index in [2.05, 4.69) is 26.2 Å². The van der Waals surface area contributed by atoms with Gasteiger partial charge in [0.1, 0.15) is 10.4 Å². The summed E-state index contributed by atoms with van der Waals surface area (Å²) in [5, 5.41) is 2.69. The number of rotatable bonds is 2. The van der Waals surface area contributed by atoms with E-state index in [1.54, 1.807) is 25.3 Å². The second kappa shape index (κ2) is 5.48. The predicted molar refractivity (Wildman–Crippen MR) is 75.8 cm³/mol. The molecule has 0 atom stereocenters. The van der Waals surface area contributed by atoms with Crippen LogP contribution < -0.4 is 5.32 Å². The molecule has 0 fully saturated rings. The van der Waals surface area contributed by atoms with Crippen LogP contribution in [0, 0.1) is 19.7 Å². The Morgan fingerprint density at radius 1 is 1.26 bits per heavy atom. The summed E-state index contributed by atoms with van der Waals surface area (Å²) in [7, 11) is 0. The van der Waals surface area contributed by atoms with Gasteiger partial charge in [0.25, 0.3) is 5.91 Å². The van der Waals surface area contributed by atoms with Crippen molar-refractivity contribution >= 4 is 27.5 Å². The fourth-order valence-electron chi connectivity index (χ4n) is 1.70. The lowest BCUT2D eigenvalue weighted by atomic mass is 10.1. The smallest absolute Gasteiger partial charge is 0.255 e. The van der Waals surface area contributed by atoms with Crippen LogP contribution in [-0.2, 0) is 0 Å². The number of halogens is 2. The summed E-state index contributed by atoms with van der Waals surface area (Å²) >= 11 is 3.29. The van der Waals surface area contributed by atoms with Crippen LogP contribution >= 0.6 is 15.9 Å². The summed E-state index contributed by atoms with van der Waals surface area (Å²) < 4.78 is 14.0. The maximum atomic E-state index is 13.2. The monoisotopic (exact) mass is 322 g/mol. The molecule has 0 aliphatic heterocycles. The van der Waals surface area contributed by atoms with E-state index in [1.165, 1.54) is 12.1 Å². The van der Waals surface area contributed by atoms with Crippen LogP contribution in [0.4, 0.5) is 10.1 Å². The van der Waals surface area contributed by atoms with E-state index in [-0.39, 0.29) is 11.5 Å². The molecular formula is C14H12BrFN2O. The number of pyridine rings is 1. The molecule has 2 aromatic rings. The molecule has 0 aliphatic rings. The van der Waals surface area contributed by atoms with Gasteiger partial charge >= 0.3 is 0 Å². The fraction of sp³-hybridized carbons (Fsp3) is 0.143. The highest BCUT2D eigenvalue weighted by Crippen LogP contribution is 2.18. The van der Waals surface area contributed by atoms with Crippen molar-refractivity contribution in [2.24, 2.45) is 0 Å². The Hall–Kier alpha value is -1.75. The molecule has 1 N–H and O–H groups in total. The largest absolute Gasteiger partial charge is 0.321 e. The lowest BCUT2D eigenvalue weighted by Crippen LogP contribution is -2.12. The first-order valence-electron chi connectivity index (χ1n) is 5.66. The molecule has 1 aromatic carbocycles. The highest BCUT2D eigenvalue weighted by Gasteiger charge is 2.09. The number of benzene rings is 1. The van der Waals surface area contributed by atoms with Gasteiger partial charge in [-0.05, 0) is 65.2 Å². The van der Waals surface area contributed by atoms with Crippen LogP contribution in [0.5, 0.6) is 0 Å². The van der Waals surface area contributed by atoms with Crippen LogP contribution in [0.2, 0.25) is 0 Å². The summed E-state index contributed by atoms with van der Waals surface area (Å²) in [5.41, 5.74) is 2.48. The van der Waals surface area contributed by atoms with Crippen LogP contribution in [-0.4, -0.2) is 10.9 Å². The van der Waals surface area contributed by atoms with Gasteiger partial charge in [-0.25, -0.2) is 9.37 Å². The number of hydrogen-bond acceptors (Lipinski definition) is 2. The molecule has 1 amide bonds. The number of aryl methyl sites for hydroxylation is 2. The highest BCUT2D eigenvalue weighted by molar-refractivity contribution is 9.10. The third-order valence-corrected chi connectivity index (χ3v) is 3.41. The van der Waals surface area contributed by atoms with Crippen molar-refractivity contribution < 1.29 is 9.18 Å². The Balaban J connectivity index is 2.22. The van der Waals surface area contributed by atoms with Gasteiger partial charge in [0.2, 0.25) is 0 Å².